The molecule has 0 fully saturated rings. The first-order chi connectivity index (χ1) is 34.2. The van der Waals surface area contributed by atoms with Crippen LogP contribution in [0, 0.1) is 5.92 Å². The van der Waals surface area contributed by atoms with Crippen molar-refractivity contribution in [1.29, 1.82) is 0 Å². The van der Waals surface area contributed by atoms with E-state index in [1.807, 2.05) is 5.32 Å². The van der Waals surface area contributed by atoms with E-state index in [9.17, 15) is 77.6 Å². The second-order valence-corrected chi connectivity index (χ2v) is 16.5. The van der Waals surface area contributed by atoms with E-state index in [0.29, 0.717) is 37.1 Å². The monoisotopic (exact) mass is 1020 g/mol. The molecule has 1 aromatic heterocycles. The van der Waals surface area contributed by atoms with E-state index in [4.69, 9.17) is 10.2 Å². The Kier molecular flexibility index (Phi) is 27.4. The van der Waals surface area contributed by atoms with E-state index in [1.54, 1.807) is 18.3 Å². The van der Waals surface area contributed by atoms with Crippen LogP contribution in [0.1, 0.15) is 112 Å². The van der Waals surface area contributed by atoms with Crippen LogP contribution in [0.3, 0.4) is 0 Å². The van der Waals surface area contributed by atoms with Crippen molar-refractivity contribution in [2.24, 2.45) is 5.92 Å². The summed E-state index contributed by atoms with van der Waals surface area (Å²) in [5.74, 6) is -10.6. The average Bonchev–Trinajstić information content (AvgIpc) is 3.80. The van der Waals surface area contributed by atoms with E-state index in [0.717, 1.165) is 0 Å². The van der Waals surface area contributed by atoms with Gasteiger partial charge in [-0.1, -0.05) is 11.6 Å². The van der Waals surface area contributed by atoms with Gasteiger partial charge >= 0.3 is 47.9 Å². The van der Waals surface area contributed by atoms with E-state index < -0.39 is 122 Å². The van der Waals surface area contributed by atoms with Crippen LogP contribution in [0.25, 0.3) is 5.69 Å². The normalized spacial score (nSPS) is 12.9. The largest absolute Gasteiger partial charge is 0.481 e. The molecule has 0 spiro atoms. The zero-order chi connectivity index (χ0) is 53.6. The maximum absolute atomic E-state index is 13.4. The molecule has 5 unspecified atom stereocenters. The van der Waals surface area contributed by atoms with Crippen LogP contribution >= 0.6 is 0 Å². The minimum absolute atomic E-state index is 0.0818. The van der Waals surface area contributed by atoms with Gasteiger partial charge in [-0.2, -0.15) is 0 Å². The van der Waals surface area contributed by atoms with Gasteiger partial charge in [0.1, 0.15) is 18.1 Å². The smallest absolute Gasteiger partial charge is 0.326 e. The van der Waals surface area contributed by atoms with Crippen molar-refractivity contribution in [1.82, 2.24) is 52.2 Å². The number of rotatable bonds is 37. The lowest BCUT2D eigenvalue weighted by molar-refractivity contribution is -0.142. The molecule has 0 aliphatic carbocycles. The summed E-state index contributed by atoms with van der Waals surface area (Å²) in [5.41, 5.74) is 1.41. The number of urea groups is 2. The number of carboxylic acid groups (broad SMARTS) is 6. The minimum atomic E-state index is -1.57. The zero-order valence-electron chi connectivity index (χ0n) is 39.3. The fourth-order valence-electron chi connectivity index (χ4n) is 6.75. The van der Waals surface area contributed by atoms with Gasteiger partial charge in [-0.3, -0.25) is 33.2 Å². The Hall–Kier alpha value is -7.94. The number of hydrogen-bond donors (Lipinski definition) is 13. The van der Waals surface area contributed by atoms with Crippen LogP contribution < -0.4 is 37.2 Å². The fraction of sp³-hybridized carbons (Fsp3) is 0.568. The predicted molar refractivity (Wildman–Crippen MR) is 246 cm³/mol. The third kappa shape index (κ3) is 25.1. The molecule has 0 radical (unpaired) electrons. The number of aromatic nitrogens is 3. The second-order valence-electron chi connectivity index (χ2n) is 16.5. The van der Waals surface area contributed by atoms with Gasteiger partial charge in [0.05, 0.1) is 30.2 Å². The molecule has 0 saturated carbocycles. The van der Waals surface area contributed by atoms with Crippen LogP contribution in [-0.2, 0) is 44.8 Å². The first kappa shape index (κ1) is 60.2. The molecule has 72 heavy (non-hydrogen) atoms. The summed E-state index contributed by atoms with van der Waals surface area (Å²) >= 11 is 0. The van der Waals surface area contributed by atoms with Gasteiger partial charge in [0, 0.05) is 56.9 Å². The van der Waals surface area contributed by atoms with Gasteiger partial charge in [0.25, 0.3) is 5.91 Å². The number of alkyl halides is 1. The maximum atomic E-state index is 13.4. The van der Waals surface area contributed by atoms with Gasteiger partial charge < -0.3 is 67.9 Å². The number of hydrogen-bond acceptors (Lipinski definition) is 13. The molecule has 2 aromatic rings. The van der Waals surface area contributed by atoms with E-state index in [-0.39, 0.29) is 83.0 Å². The Morgan fingerprint density at radius 1 is 0.542 bits per heavy atom. The molecule has 28 heteroatoms. The molecule has 7 amide bonds. The van der Waals surface area contributed by atoms with Gasteiger partial charge in [0.15, 0.2) is 0 Å². The number of benzene rings is 1. The van der Waals surface area contributed by atoms with Crippen molar-refractivity contribution in [2.75, 3.05) is 26.3 Å². The summed E-state index contributed by atoms with van der Waals surface area (Å²) < 4.78 is 14.1. The van der Waals surface area contributed by atoms with Gasteiger partial charge in [-0.15, -0.1) is 5.10 Å². The summed E-state index contributed by atoms with van der Waals surface area (Å²) in [6, 6.07) is -0.980. The molecule has 27 nitrogen and oxygen atoms in total. The molecule has 1 heterocycles. The molecule has 0 saturated heterocycles. The Bertz CT molecular complexity index is 2160. The summed E-state index contributed by atoms with van der Waals surface area (Å²) in [5, 5.41) is 80.1. The number of carboxylic acids is 6. The summed E-state index contributed by atoms with van der Waals surface area (Å²) in [7, 11) is 0. The average molecular weight is 1020 g/mol. The highest BCUT2D eigenvalue weighted by molar-refractivity contribution is 5.94. The van der Waals surface area contributed by atoms with Gasteiger partial charge in [-0.25, -0.2) is 28.7 Å². The Balaban J connectivity index is 1.94. The molecule has 0 bridgehead atoms. The van der Waals surface area contributed by atoms with E-state index >= 15 is 0 Å². The Labute approximate surface area is 411 Å². The number of nitrogens with one attached hydrogen (secondary N) is 7. The molecule has 5 atom stereocenters. The zero-order valence-corrected chi connectivity index (χ0v) is 39.3. The summed E-state index contributed by atoms with van der Waals surface area (Å²) in [6.45, 7) is -0.608. The first-order valence-corrected chi connectivity index (χ1v) is 23.1. The SMILES string of the molecule is O=C(O)CCC(NC(=O)NCC(CCCCNC(=O)CCC(CCC(=O)NCCCCC(NC(=O)NC(CCC(=O)O)C(=O)O)C(=O)O)NC(=O)c1ccc(-n2cc(CCCF)nn2)cc1)C(=O)O)C(=O)O. The number of halogens is 1. The van der Waals surface area contributed by atoms with Gasteiger partial charge in [-0.05, 0) is 94.9 Å². The van der Waals surface area contributed by atoms with Crippen molar-refractivity contribution < 1.29 is 87.8 Å². The number of carbonyl (C=O) groups is 11. The standard InChI is InChI=1S/C44H63FN10O17/c45-21-5-7-29-25-55(54-53-29)30-13-9-26(10-14-30)38(62)49-28(12-18-35(57)47-23-4-2-8-31(40(65)66)51-44(72)52-33(42(69)70)16-20-37(60)61)11-17-34(56)46-22-3-1-6-27(39(63)64)24-48-43(71)50-32(41(67)68)15-19-36(58)59/h9-10,13-14,25,27-28,31-33H,1-8,11-12,15-24H2,(H,46,56)(H,47,57)(H,49,62)(H,58,59)(H,60,61)(H,63,64)(H,65,66)(H,67,68)(H,69,70)(H2,48,50,71)(H2,51,52,72). The van der Waals surface area contributed by atoms with Crippen LogP contribution in [0.5, 0.6) is 0 Å². The molecule has 398 valence electrons. The predicted octanol–water partition coefficient (Wildman–Crippen LogP) is 0.790. The topological polar surface area (TPSA) is 424 Å². The molecular weight excluding hydrogens is 960 g/mol. The van der Waals surface area contributed by atoms with Crippen molar-refractivity contribution in [3.63, 3.8) is 0 Å². The number of unbranched alkanes of at least 4 members (excludes halogenated alkanes) is 2. The number of nitrogens with zero attached hydrogens (tertiary/aromatic N) is 3. The third-order valence-electron chi connectivity index (χ3n) is 10.8. The first-order valence-electron chi connectivity index (χ1n) is 23.1. The molecule has 2 rings (SSSR count). The number of carbonyl (C=O) groups excluding carboxylic acids is 5. The summed E-state index contributed by atoms with van der Waals surface area (Å²) in [6.07, 6.45) is 1.57. The van der Waals surface area contributed by atoms with E-state index in [1.165, 1.54) is 16.8 Å². The van der Waals surface area contributed by atoms with Crippen molar-refractivity contribution in [3.8, 4) is 5.69 Å². The molecule has 0 aliphatic rings. The number of aryl methyl sites for hydroxylation is 1. The van der Waals surface area contributed by atoms with Gasteiger partial charge in [0.2, 0.25) is 11.8 Å². The fourth-order valence-corrected chi connectivity index (χ4v) is 6.75. The van der Waals surface area contributed by atoms with Crippen molar-refractivity contribution >= 4 is 65.6 Å². The molecule has 0 aliphatic heterocycles. The summed E-state index contributed by atoms with van der Waals surface area (Å²) in [4.78, 5) is 131. The highest BCUT2D eigenvalue weighted by atomic mass is 19.1. The number of aliphatic carboxylic acids is 6. The highest BCUT2D eigenvalue weighted by Crippen LogP contribution is 2.14. The minimum Gasteiger partial charge on any atom is -0.481 e. The van der Waals surface area contributed by atoms with E-state index in [2.05, 4.69) is 42.2 Å². The third-order valence-corrected chi connectivity index (χ3v) is 10.8. The lowest BCUT2D eigenvalue weighted by Gasteiger charge is -2.19. The lowest BCUT2D eigenvalue weighted by atomic mass is 10.0. The number of amides is 7. The maximum Gasteiger partial charge on any atom is 0.326 e. The quantitative estimate of drug-likeness (QED) is 0.0416. The Morgan fingerprint density at radius 2 is 1.04 bits per heavy atom. The molecule has 13 N–H and O–H groups in total. The van der Waals surface area contributed by atoms with Crippen LogP contribution in [-0.4, -0.2) is 162 Å². The molecule has 1 aromatic carbocycles. The van der Waals surface area contributed by atoms with Crippen molar-refractivity contribution in [2.45, 2.75) is 127 Å². The lowest BCUT2D eigenvalue weighted by Crippen LogP contribution is -2.51. The van der Waals surface area contributed by atoms with Crippen molar-refractivity contribution in [3.05, 3.63) is 41.7 Å². The molecular formula is C44H63FN10O17. The highest BCUT2D eigenvalue weighted by Gasteiger charge is 2.26. The second kappa shape index (κ2) is 32.8. The van der Waals surface area contributed by atoms with Crippen LogP contribution in [0.4, 0.5) is 14.0 Å². The Morgan fingerprint density at radius 3 is 1.53 bits per heavy atom. The van der Waals surface area contributed by atoms with Crippen LogP contribution in [0.15, 0.2) is 30.5 Å². The van der Waals surface area contributed by atoms with Crippen LogP contribution in [0.2, 0.25) is 0 Å².